The van der Waals surface area contributed by atoms with Gasteiger partial charge in [0.2, 0.25) is 0 Å². The minimum absolute atomic E-state index is 0.586. The lowest BCUT2D eigenvalue weighted by Gasteiger charge is -2.33. The molecule has 1 aromatic rings. The van der Waals surface area contributed by atoms with Crippen LogP contribution >= 0.6 is 0 Å². The number of aryl methyl sites for hydroxylation is 1. The summed E-state index contributed by atoms with van der Waals surface area (Å²) >= 11 is 0. The highest BCUT2D eigenvalue weighted by atomic mass is 15.1. The fourth-order valence-corrected chi connectivity index (χ4v) is 2.67. The predicted octanol–water partition coefficient (Wildman–Crippen LogP) is 2.84. The third-order valence-corrected chi connectivity index (χ3v) is 3.74. The van der Waals surface area contributed by atoms with Crippen LogP contribution in [-0.4, -0.2) is 30.0 Å². The van der Waals surface area contributed by atoms with Crippen molar-refractivity contribution in [2.45, 2.75) is 32.6 Å². The Morgan fingerprint density at radius 3 is 2.94 bits per heavy atom. The Hall–Kier alpha value is -0.890. The molecule has 0 spiro atoms. The van der Waals surface area contributed by atoms with Crippen molar-refractivity contribution in [1.29, 1.82) is 0 Å². The second-order valence-corrected chi connectivity index (χ2v) is 5.16. The maximum atomic E-state index is 4.65. The van der Waals surface area contributed by atoms with Crippen molar-refractivity contribution in [3.63, 3.8) is 0 Å². The Kier molecular flexibility index (Phi) is 3.59. The van der Waals surface area contributed by atoms with Crippen molar-refractivity contribution in [2.24, 2.45) is 5.92 Å². The van der Waals surface area contributed by atoms with E-state index in [1.165, 1.54) is 31.6 Å². The zero-order valence-electron chi connectivity index (χ0n) is 10.6. The second-order valence-electron chi connectivity index (χ2n) is 5.16. The molecule has 0 amide bonds. The van der Waals surface area contributed by atoms with Crippen LogP contribution in [0.3, 0.4) is 0 Å². The molecule has 2 rings (SSSR count). The SMILES string of the molecule is Cc1cccc(C(C)C2CCCN(C)C2)n1. The van der Waals surface area contributed by atoms with Crippen molar-refractivity contribution in [3.05, 3.63) is 29.6 Å². The fourth-order valence-electron chi connectivity index (χ4n) is 2.67. The zero-order chi connectivity index (χ0) is 11.5. The molecule has 0 N–H and O–H groups in total. The lowest BCUT2D eigenvalue weighted by Crippen LogP contribution is -2.34. The number of pyridine rings is 1. The molecule has 1 fully saturated rings. The van der Waals surface area contributed by atoms with E-state index >= 15 is 0 Å². The van der Waals surface area contributed by atoms with Gasteiger partial charge in [0.25, 0.3) is 0 Å². The maximum absolute atomic E-state index is 4.65. The lowest BCUT2D eigenvalue weighted by molar-refractivity contribution is 0.190. The summed E-state index contributed by atoms with van der Waals surface area (Å²) in [5, 5.41) is 0. The van der Waals surface area contributed by atoms with E-state index in [0.717, 1.165) is 11.6 Å². The molecule has 1 aliphatic heterocycles. The first-order chi connectivity index (χ1) is 7.66. The first-order valence-corrected chi connectivity index (χ1v) is 6.29. The zero-order valence-corrected chi connectivity index (χ0v) is 10.6. The van der Waals surface area contributed by atoms with Crippen molar-refractivity contribution in [1.82, 2.24) is 9.88 Å². The van der Waals surface area contributed by atoms with E-state index in [-0.39, 0.29) is 0 Å². The Morgan fingerprint density at radius 1 is 1.44 bits per heavy atom. The van der Waals surface area contributed by atoms with Crippen molar-refractivity contribution < 1.29 is 0 Å². The molecule has 0 aromatic carbocycles. The summed E-state index contributed by atoms with van der Waals surface area (Å²) in [5.74, 6) is 1.36. The molecule has 0 aliphatic carbocycles. The van der Waals surface area contributed by atoms with E-state index in [9.17, 15) is 0 Å². The standard InChI is InChI=1S/C14H22N2/c1-11-6-4-8-14(15-11)12(2)13-7-5-9-16(3)10-13/h4,6,8,12-13H,5,7,9-10H2,1-3H3. The summed E-state index contributed by atoms with van der Waals surface area (Å²) in [5.41, 5.74) is 2.40. The average Bonchev–Trinajstić information content (AvgIpc) is 2.28. The van der Waals surface area contributed by atoms with E-state index < -0.39 is 0 Å². The largest absolute Gasteiger partial charge is 0.306 e. The van der Waals surface area contributed by atoms with E-state index in [4.69, 9.17) is 0 Å². The van der Waals surface area contributed by atoms with Gasteiger partial charge in [0.05, 0.1) is 0 Å². The fraction of sp³-hybridized carbons (Fsp3) is 0.643. The number of piperidine rings is 1. The van der Waals surface area contributed by atoms with Crippen LogP contribution in [0.15, 0.2) is 18.2 Å². The monoisotopic (exact) mass is 218 g/mol. The molecule has 2 heteroatoms. The Labute approximate surface area is 98.7 Å². The van der Waals surface area contributed by atoms with Gasteiger partial charge in [0.15, 0.2) is 0 Å². The molecule has 2 nitrogen and oxygen atoms in total. The summed E-state index contributed by atoms with van der Waals surface area (Å²) in [6.45, 7) is 6.87. The van der Waals surface area contributed by atoms with E-state index in [1.54, 1.807) is 0 Å². The predicted molar refractivity (Wildman–Crippen MR) is 67.6 cm³/mol. The first kappa shape index (κ1) is 11.6. The van der Waals surface area contributed by atoms with E-state index in [0.29, 0.717) is 5.92 Å². The minimum atomic E-state index is 0.586. The number of hydrogen-bond donors (Lipinski definition) is 0. The molecule has 0 radical (unpaired) electrons. The number of aromatic nitrogens is 1. The number of nitrogens with zero attached hydrogens (tertiary/aromatic N) is 2. The summed E-state index contributed by atoms with van der Waals surface area (Å²) in [7, 11) is 2.22. The van der Waals surface area contributed by atoms with Crippen LogP contribution in [0.4, 0.5) is 0 Å². The van der Waals surface area contributed by atoms with Gasteiger partial charge in [-0.3, -0.25) is 4.98 Å². The van der Waals surface area contributed by atoms with Crippen molar-refractivity contribution in [3.8, 4) is 0 Å². The summed E-state index contributed by atoms with van der Waals surface area (Å²) in [6, 6.07) is 6.37. The average molecular weight is 218 g/mol. The number of rotatable bonds is 2. The molecule has 2 atom stereocenters. The number of likely N-dealkylation sites (tertiary alicyclic amines) is 1. The molecule has 1 saturated heterocycles. The molecule has 0 bridgehead atoms. The molecular weight excluding hydrogens is 196 g/mol. The van der Waals surface area contributed by atoms with Gasteiger partial charge >= 0.3 is 0 Å². The minimum Gasteiger partial charge on any atom is -0.306 e. The highest BCUT2D eigenvalue weighted by molar-refractivity contribution is 5.14. The topological polar surface area (TPSA) is 16.1 Å². The third-order valence-electron chi connectivity index (χ3n) is 3.74. The normalized spacial score (nSPS) is 24.3. The van der Waals surface area contributed by atoms with Gasteiger partial charge in [0, 0.05) is 23.9 Å². The third kappa shape index (κ3) is 2.62. The highest BCUT2D eigenvalue weighted by Crippen LogP contribution is 2.29. The Bertz CT molecular complexity index is 348. The second kappa shape index (κ2) is 4.96. The van der Waals surface area contributed by atoms with E-state index in [2.05, 4.69) is 49.0 Å². The molecule has 2 unspecified atom stereocenters. The smallest absolute Gasteiger partial charge is 0.0438 e. The van der Waals surface area contributed by atoms with Crippen LogP contribution in [0, 0.1) is 12.8 Å². The molecule has 1 aromatic heterocycles. The van der Waals surface area contributed by atoms with Crippen LogP contribution in [0.2, 0.25) is 0 Å². The molecule has 2 heterocycles. The van der Waals surface area contributed by atoms with Gasteiger partial charge in [0.1, 0.15) is 0 Å². The Morgan fingerprint density at radius 2 is 2.25 bits per heavy atom. The molecule has 1 aliphatic rings. The van der Waals surface area contributed by atoms with Crippen LogP contribution in [0.1, 0.15) is 37.1 Å². The van der Waals surface area contributed by atoms with Gasteiger partial charge in [-0.1, -0.05) is 13.0 Å². The number of hydrogen-bond acceptors (Lipinski definition) is 2. The van der Waals surface area contributed by atoms with Crippen molar-refractivity contribution >= 4 is 0 Å². The van der Waals surface area contributed by atoms with Crippen LogP contribution in [0.5, 0.6) is 0 Å². The van der Waals surface area contributed by atoms with Crippen LogP contribution < -0.4 is 0 Å². The van der Waals surface area contributed by atoms with Gasteiger partial charge in [-0.15, -0.1) is 0 Å². The van der Waals surface area contributed by atoms with E-state index in [1.807, 2.05) is 0 Å². The lowest BCUT2D eigenvalue weighted by atomic mass is 9.84. The van der Waals surface area contributed by atoms with Gasteiger partial charge in [-0.05, 0) is 51.4 Å². The van der Waals surface area contributed by atoms with Crippen LogP contribution in [-0.2, 0) is 0 Å². The van der Waals surface area contributed by atoms with Crippen LogP contribution in [0.25, 0.3) is 0 Å². The summed E-state index contributed by atoms with van der Waals surface area (Å²) in [6.07, 6.45) is 2.68. The molecule has 0 saturated carbocycles. The summed E-state index contributed by atoms with van der Waals surface area (Å²) in [4.78, 5) is 7.10. The molecule has 88 valence electrons. The van der Waals surface area contributed by atoms with Crippen molar-refractivity contribution in [2.75, 3.05) is 20.1 Å². The highest BCUT2D eigenvalue weighted by Gasteiger charge is 2.24. The summed E-state index contributed by atoms with van der Waals surface area (Å²) < 4.78 is 0. The maximum Gasteiger partial charge on any atom is 0.0438 e. The molecule has 16 heavy (non-hydrogen) atoms. The van der Waals surface area contributed by atoms with Gasteiger partial charge in [-0.25, -0.2) is 0 Å². The first-order valence-electron chi connectivity index (χ1n) is 6.29. The Balaban J connectivity index is 2.09. The van der Waals surface area contributed by atoms with Gasteiger partial charge < -0.3 is 4.90 Å². The molecular formula is C14H22N2. The van der Waals surface area contributed by atoms with Gasteiger partial charge in [-0.2, -0.15) is 0 Å². The quantitative estimate of drug-likeness (QED) is 0.759.